The first-order valence-electron chi connectivity index (χ1n) is 4.66. The van der Waals surface area contributed by atoms with Gasteiger partial charge in [0.2, 0.25) is 0 Å². The van der Waals surface area contributed by atoms with Gasteiger partial charge < -0.3 is 0 Å². The van der Waals surface area contributed by atoms with Crippen LogP contribution < -0.4 is 0 Å². The molecule has 0 amide bonds. The summed E-state index contributed by atoms with van der Waals surface area (Å²) in [6.45, 7) is 13.3. The minimum Gasteiger partial charge on any atom is -0.264 e. The van der Waals surface area contributed by atoms with Gasteiger partial charge in [-0.3, -0.25) is 4.99 Å². The number of rotatable bonds is 4. The van der Waals surface area contributed by atoms with Gasteiger partial charge in [-0.05, 0) is 35.9 Å². The molecule has 0 bridgehead atoms. The molecule has 0 saturated heterocycles. The van der Waals surface area contributed by atoms with Gasteiger partial charge in [0.1, 0.15) is 0 Å². The fraction of sp³-hybridized carbons (Fsp3) is 0.154. The van der Waals surface area contributed by atoms with Crippen LogP contribution in [-0.2, 0) is 6.42 Å². The van der Waals surface area contributed by atoms with Crippen molar-refractivity contribution in [2.75, 3.05) is 0 Å². The molecule has 0 aliphatic rings. The van der Waals surface area contributed by atoms with Gasteiger partial charge in [0.25, 0.3) is 0 Å². The average Bonchev–Trinajstić information content (AvgIpc) is 2.26. The van der Waals surface area contributed by atoms with E-state index in [9.17, 15) is 0 Å². The molecule has 0 heterocycles. The Kier molecular flexibility index (Phi) is 3.41. The summed E-state index contributed by atoms with van der Waals surface area (Å²) in [4.78, 5) is 3.99. The van der Waals surface area contributed by atoms with E-state index in [1.165, 1.54) is 5.56 Å². The summed E-state index contributed by atoms with van der Waals surface area (Å²) in [5.41, 5.74) is 4.34. The molecule has 0 aliphatic heterocycles. The van der Waals surface area contributed by atoms with Crippen LogP contribution in [-0.4, -0.2) is 6.72 Å². The van der Waals surface area contributed by atoms with Crippen LogP contribution in [0.5, 0.6) is 0 Å². The summed E-state index contributed by atoms with van der Waals surface area (Å²) < 4.78 is 0. The van der Waals surface area contributed by atoms with Gasteiger partial charge >= 0.3 is 0 Å². The first-order chi connectivity index (χ1) is 6.78. The van der Waals surface area contributed by atoms with Crippen LogP contribution in [0.25, 0.3) is 12.2 Å². The summed E-state index contributed by atoms with van der Waals surface area (Å²) in [6, 6.07) is 3.96. The lowest BCUT2D eigenvalue weighted by Crippen LogP contribution is -1.90. The Bertz CT molecular complexity index is 375. The molecule has 1 aromatic rings. The van der Waals surface area contributed by atoms with Crippen molar-refractivity contribution in [1.29, 1.82) is 0 Å². The Morgan fingerprint density at radius 3 is 2.43 bits per heavy atom. The van der Waals surface area contributed by atoms with E-state index >= 15 is 0 Å². The fourth-order valence-electron chi connectivity index (χ4n) is 1.61. The van der Waals surface area contributed by atoms with Crippen molar-refractivity contribution >= 4 is 24.6 Å². The molecule has 0 fully saturated rings. The lowest BCUT2D eigenvalue weighted by atomic mass is 9.97. The molecule has 72 valence electrons. The van der Waals surface area contributed by atoms with Gasteiger partial charge in [-0.25, -0.2) is 0 Å². The Morgan fingerprint density at radius 2 is 2.00 bits per heavy atom. The Balaban J connectivity index is 3.50. The number of hydrogen-bond acceptors (Lipinski definition) is 1. The molecule has 0 N–H and O–H groups in total. The van der Waals surface area contributed by atoms with Gasteiger partial charge in [-0.1, -0.05) is 38.3 Å². The van der Waals surface area contributed by atoms with Crippen molar-refractivity contribution in [2.45, 2.75) is 13.3 Å². The van der Waals surface area contributed by atoms with E-state index in [4.69, 9.17) is 0 Å². The highest BCUT2D eigenvalue weighted by Crippen LogP contribution is 2.27. The zero-order valence-electron chi connectivity index (χ0n) is 8.59. The molecule has 0 saturated carbocycles. The maximum absolute atomic E-state index is 3.99. The lowest BCUT2D eigenvalue weighted by molar-refractivity contribution is 1.13. The van der Waals surface area contributed by atoms with Gasteiger partial charge in [0.15, 0.2) is 0 Å². The van der Waals surface area contributed by atoms with E-state index < -0.39 is 0 Å². The molecule has 0 radical (unpaired) electrons. The summed E-state index contributed by atoms with van der Waals surface area (Å²) in [6.07, 6.45) is 4.62. The number of aliphatic imine (C=N–C) groups is 1. The fourth-order valence-corrected chi connectivity index (χ4v) is 1.61. The number of hydrogen-bond donors (Lipinski definition) is 0. The third-order valence-electron chi connectivity index (χ3n) is 2.31. The second kappa shape index (κ2) is 4.56. The van der Waals surface area contributed by atoms with Crippen LogP contribution in [0, 0.1) is 0 Å². The topological polar surface area (TPSA) is 12.4 Å². The van der Waals surface area contributed by atoms with Crippen molar-refractivity contribution in [2.24, 2.45) is 4.99 Å². The largest absolute Gasteiger partial charge is 0.264 e. The van der Waals surface area contributed by atoms with Gasteiger partial charge in [0.05, 0.1) is 5.69 Å². The van der Waals surface area contributed by atoms with E-state index in [-0.39, 0.29) is 0 Å². The van der Waals surface area contributed by atoms with Crippen LogP contribution in [0.4, 0.5) is 5.69 Å². The molecule has 0 atom stereocenters. The summed E-state index contributed by atoms with van der Waals surface area (Å²) in [5.74, 6) is 0. The third kappa shape index (κ3) is 1.67. The van der Waals surface area contributed by atoms with Crippen molar-refractivity contribution < 1.29 is 0 Å². The van der Waals surface area contributed by atoms with E-state index in [2.05, 4.69) is 31.8 Å². The SMILES string of the molecule is C=Cc1ccc(N=C)c(CC)c1C=C. The Labute approximate surface area is 85.5 Å². The Morgan fingerprint density at radius 1 is 1.29 bits per heavy atom. The van der Waals surface area contributed by atoms with Gasteiger partial charge in [-0.15, -0.1) is 0 Å². The maximum atomic E-state index is 3.99. The van der Waals surface area contributed by atoms with E-state index in [0.717, 1.165) is 23.2 Å². The lowest BCUT2D eigenvalue weighted by Gasteiger charge is -2.10. The molecule has 0 unspecified atom stereocenters. The van der Waals surface area contributed by atoms with Crippen LogP contribution in [0.2, 0.25) is 0 Å². The first-order valence-corrected chi connectivity index (χ1v) is 4.66. The monoisotopic (exact) mass is 185 g/mol. The minimum atomic E-state index is 0.928. The standard InChI is InChI=1S/C13H15N/c1-5-10-8-9-13(14-4)12(7-3)11(10)6-2/h5-6,8-9H,1-2,4,7H2,3H3. The minimum absolute atomic E-state index is 0.928. The zero-order chi connectivity index (χ0) is 10.6. The predicted octanol–water partition coefficient (Wildman–Crippen LogP) is 3.87. The average molecular weight is 185 g/mol. The molecule has 14 heavy (non-hydrogen) atoms. The van der Waals surface area contributed by atoms with Crippen molar-refractivity contribution in [3.8, 4) is 0 Å². The number of benzene rings is 1. The second-order valence-electron chi connectivity index (χ2n) is 2.99. The highest BCUT2D eigenvalue weighted by atomic mass is 14.7. The zero-order valence-corrected chi connectivity index (χ0v) is 8.59. The molecular weight excluding hydrogens is 170 g/mol. The third-order valence-corrected chi connectivity index (χ3v) is 2.31. The van der Waals surface area contributed by atoms with E-state index in [0.29, 0.717) is 0 Å². The normalized spacial score (nSPS) is 9.50. The molecule has 0 spiro atoms. The van der Waals surface area contributed by atoms with Gasteiger partial charge in [0, 0.05) is 0 Å². The van der Waals surface area contributed by atoms with Crippen molar-refractivity contribution in [3.63, 3.8) is 0 Å². The summed E-state index contributed by atoms with van der Waals surface area (Å²) in [7, 11) is 0. The Hall–Kier alpha value is -1.63. The predicted molar refractivity (Wildman–Crippen MR) is 65.2 cm³/mol. The quantitative estimate of drug-likeness (QED) is 0.631. The van der Waals surface area contributed by atoms with E-state index in [1.807, 2.05) is 24.3 Å². The number of nitrogens with zero attached hydrogens (tertiary/aromatic N) is 1. The molecular formula is C13H15N. The van der Waals surface area contributed by atoms with Crippen LogP contribution in [0.3, 0.4) is 0 Å². The second-order valence-corrected chi connectivity index (χ2v) is 2.99. The molecule has 1 heteroatoms. The smallest absolute Gasteiger partial charge is 0.0660 e. The van der Waals surface area contributed by atoms with Crippen molar-refractivity contribution in [1.82, 2.24) is 0 Å². The van der Waals surface area contributed by atoms with E-state index in [1.54, 1.807) is 0 Å². The first kappa shape index (κ1) is 10.5. The molecule has 1 aromatic carbocycles. The molecule has 1 rings (SSSR count). The van der Waals surface area contributed by atoms with Crippen LogP contribution in [0.1, 0.15) is 23.6 Å². The highest BCUT2D eigenvalue weighted by Gasteiger charge is 2.06. The van der Waals surface area contributed by atoms with Crippen LogP contribution >= 0.6 is 0 Å². The molecule has 0 aliphatic carbocycles. The molecule has 1 nitrogen and oxygen atoms in total. The van der Waals surface area contributed by atoms with Crippen LogP contribution in [0.15, 0.2) is 30.3 Å². The molecule has 0 aromatic heterocycles. The maximum Gasteiger partial charge on any atom is 0.0660 e. The summed E-state index contributed by atoms with van der Waals surface area (Å²) in [5, 5.41) is 0. The van der Waals surface area contributed by atoms with Gasteiger partial charge in [-0.2, -0.15) is 0 Å². The van der Waals surface area contributed by atoms with Crippen molar-refractivity contribution in [3.05, 3.63) is 42.0 Å². The highest BCUT2D eigenvalue weighted by molar-refractivity contribution is 5.72. The summed E-state index contributed by atoms with van der Waals surface area (Å²) >= 11 is 0.